The van der Waals surface area contributed by atoms with Gasteiger partial charge in [-0.3, -0.25) is 0 Å². The molecular formula is C15H16ClNS. The van der Waals surface area contributed by atoms with Crippen LogP contribution in [0.15, 0.2) is 41.8 Å². The second-order valence-electron chi connectivity index (χ2n) is 4.74. The summed E-state index contributed by atoms with van der Waals surface area (Å²) in [5, 5.41) is 6.56. The predicted octanol–water partition coefficient (Wildman–Crippen LogP) is 4.26. The van der Waals surface area contributed by atoms with E-state index in [4.69, 9.17) is 11.6 Å². The summed E-state index contributed by atoms with van der Waals surface area (Å²) >= 11 is 8.22. The molecule has 18 heavy (non-hydrogen) atoms. The first-order valence-electron chi connectivity index (χ1n) is 6.35. The van der Waals surface area contributed by atoms with Crippen LogP contribution >= 0.6 is 22.9 Å². The van der Waals surface area contributed by atoms with Gasteiger partial charge in [-0.25, -0.2) is 0 Å². The van der Waals surface area contributed by atoms with Crippen LogP contribution in [-0.2, 0) is 0 Å². The molecule has 94 valence electrons. The van der Waals surface area contributed by atoms with Crippen molar-refractivity contribution >= 4 is 22.9 Å². The molecule has 2 aromatic rings. The van der Waals surface area contributed by atoms with Crippen molar-refractivity contribution in [3.8, 4) is 0 Å². The number of piperidine rings is 1. The van der Waals surface area contributed by atoms with Crippen molar-refractivity contribution in [2.45, 2.75) is 18.3 Å². The highest BCUT2D eigenvalue weighted by atomic mass is 35.5. The zero-order chi connectivity index (χ0) is 12.4. The summed E-state index contributed by atoms with van der Waals surface area (Å²) in [4.78, 5) is 1.49. The van der Waals surface area contributed by atoms with Gasteiger partial charge in [0.05, 0.1) is 0 Å². The van der Waals surface area contributed by atoms with Crippen LogP contribution in [-0.4, -0.2) is 13.1 Å². The summed E-state index contributed by atoms with van der Waals surface area (Å²) in [6.45, 7) is 2.12. The molecule has 0 aliphatic carbocycles. The van der Waals surface area contributed by atoms with Gasteiger partial charge in [-0.15, -0.1) is 11.3 Å². The maximum atomic E-state index is 6.36. The molecule has 0 bridgehead atoms. The Bertz CT molecular complexity index is 509. The molecule has 1 N–H and O–H groups in total. The van der Waals surface area contributed by atoms with Crippen LogP contribution < -0.4 is 5.32 Å². The van der Waals surface area contributed by atoms with Gasteiger partial charge in [0.1, 0.15) is 0 Å². The van der Waals surface area contributed by atoms with Crippen molar-refractivity contribution in [2.75, 3.05) is 13.1 Å². The maximum Gasteiger partial charge on any atom is 0.0441 e. The molecule has 2 unspecified atom stereocenters. The summed E-state index contributed by atoms with van der Waals surface area (Å²) in [6.07, 6.45) is 1.19. The Morgan fingerprint density at radius 2 is 2.00 bits per heavy atom. The number of nitrogens with one attached hydrogen (secondary N) is 1. The van der Waals surface area contributed by atoms with Gasteiger partial charge < -0.3 is 5.32 Å². The van der Waals surface area contributed by atoms with E-state index in [2.05, 4.69) is 35.0 Å². The highest BCUT2D eigenvalue weighted by molar-refractivity contribution is 7.10. The quantitative estimate of drug-likeness (QED) is 0.865. The number of halogens is 1. The molecular weight excluding hydrogens is 262 g/mol. The number of rotatable bonds is 2. The zero-order valence-corrected chi connectivity index (χ0v) is 11.7. The summed E-state index contributed by atoms with van der Waals surface area (Å²) in [6, 6.07) is 12.7. The minimum absolute atomic E-state index is 0.492. The fraction of sp³-hybridized carbons (Fsp3) is 0.333. The number of benzene rings is 1. The van der Waals surface area contributed by atoms with Crippen LogP contribution in [0.2, 0.25) is 5.02 Å². The minimum Gasteiger partial charge on any atom is -0.316 e. The average Bonchev–Trinajstić information content (AvgIpc) is 2.93. The van der Waals surface area contributed by atoms with E-state index in [0.717, 1.165) is 18.1 Å². The lowest BCUT2D eigenvalue weighted by atomic mass is 9.80. The summed E-state index contributed by atoms with van der Waals surface area (Å²) in [5.41, 5.74) is 1.28. The maximum absolute atomic E-state index is 6.36. The van der Waals surface area contributed by atoms with Crippen molar-refractivity contribution in [2.24, 2.45) is 0 Å². The standard InChI is InChI=1S/C15H16ClNS/c16-14-5-2-1-4-11(14)13-10-17-8-7-12(13)15-6-3-9-18-15/h1-6,9,12-13,17H,7-8,10H2. The highest BCUT2D eigenvalue weighted by Crippen LogP contribution is 2.41. The van der Waals surface area contributed by atoms with Crippen molar-refractivity contribution in [1.82, 2.24) is 5.32 Å². The third kappa shape index (κ3) is 2.33. The van der Waals surface area contributed by atoms with Crippen molar-refractivity contribution in [3.63, 3.8) is 0 Å². The van der Waals surface area contributed by atoms with E-state index in [0.29, 0.717) is 11.8 Å². The van der Waals surface area contributed by atoms with Gasteiger partial charge in [-0.1, -0.05) is 35.9 Å². The first kappa shape index (κ1) is 12.2. The molecule has 1 saturated heterocycles. The third-order valence-electron chi connectivity index (χ3n) is 3.70. The van der Waals surface area contributed by atoms with E-state index in [1.807, 2.05) is 23.5 Å². The smallest absolute Gasteiger partial charge is 0.0441 e. The summed E-state index contributed by atoms with van der Waals surface area (Å²) < 4.78 is 0. The Kier molecular flexibility index (Phi) is 3.69. The van der Waals surface area contributed by atoms with Crippen molar-refractivity contribution in [1.29, 1.82) is 0 Å². The van der Waals surface area contributed by atoms with E-state index in [1.165, 1.54) is 16.9 Å². The molecule has 2 atom stereocenters. The molecule has 1 nitrogen and oxygen atoms in total. The minimum atomic E-state index is 0.492. The number of hydrogen-bond donors (Lipinski definition) is 1. The first-order chi connectivity index (χ1) is 8.86. The molecule has 1 aliphatic heterocycles. The molecule has 3 heteroatoms. The van der Waals surface area contributed by atoms with E-state index < -0.39 is 0 Å². The Hall–Kier alpha value is -0.830. The van der Waals surface area contributed by atoms with Crippen LogP contribution in [0.4, 0.5) is 0 Å². The van der Waals surface area contributed by atoms with Gasteiger partial charge >= 0.3 is 0 Å². The summed E-state index contributed by atoms with van der Waals surface area (Å²) in [5.74, 6) is 1.09. The van der Waals surface area contributed by atoms with Crippen LogP contribution in [0.3, 0.4) is 0 Å². The van der Waals surface area contributed by atoms with Crippen LogP contribution in [0.25, 0.3) is 0 Å². The Morgan fingerprint density at radius 3 is 2.78 bits per heavy atom. The Morgan fingerprint density at radius 1 is 1.11 bits per heavy atom. The molecule has 1 fully saturated rings. The molecule has 2 heterocycles. The van der Waals surface area contributed by atoms with Crippen molar-refractivity contribution in [3.05, 3.63) is 57.2 Å². The molecule has 1 aromatic heterocycles. The first-order valence-corrected chi connectivity index (χ1v) is 7.60. The lowest BCUT2D eigenvalue weighted by molar-refractivity contribution is 0.408. The molecule has 1 aliphatic rings. The molecule has 3 rings (SSSR count). The van der Waals surface area contributed by atoms with Gasteiger partial charge in [0, 0.05) is 28.3 Å². The molecule has 0 amide bonds. The van der Waals surface area contributed by atoms with E-state index in [9.17, 15) is 0 Å². The van der Waals surface area contributed by atoms with Gasteiger partial charge in [-0.2, -0.15) is 0 Å². The SMILES string of the molecule is Clc1ccccc1C1CNCCC1c1cccs1. The molecule has 0 radical (unpaired) electrons. The number of hydrogen-bond acceptors (Lipinski definition) is 2. The highest BCUT2D eigenvalue weighted by Gasteiger charge is 2.29. The van der Waals surface area contributed by atoms with Crippen molar-refractivity contribution < 1.29 is 0 Å². The fourth-order valence-electron chi connectivity index (χ4n) is 2.80. The van der Waals surface area contributed by atoms with E-state index >= 15 is 0 Å². The lowest BCUT2D eigenvalue weighted by Crippen LogP contribution is -2.33. The fourth-order valence-corrected chi connectivity index (χ4v) is 4.01. The van der Waals surface area contributed by atoms with Gasteiger partial charge in [0.25, 0.3) is 0 Å². The lowest BCUT2D eigenvalue weighted by Gasteiger charge is -2.32. The second kappa shape index (κ2) is 5.43. The van der Waals surface area contributed by atoms with Crippen LogP contribution in [0.1, 0.15) is 28.7 Å². The zero-order valence-electron chi connectivity index (χ0n) is 10.1. The predicted molar refractivity (Wildman–Crippen MR) is 78.7 cm³/mol. The normalized spacial score (nSPS) is 24.1. The topological polar surface area (TPSA) is 12.0 Å². The Balaban J connectivity index is 1.95. The van der Waals surface area contributed by atoms with Crippen LogP contribution in [0.5, 0.6) is 0 Å². The third-order valence-corrected chi connectivity index (χ3v) is 5.04. The number of thiophene rings is 1. The van der Waals surface area contributed by atoms with E-state index in [-0.39, 0.29) is 0 Å². The molecule has 1 aromatic carbocycles. The van der Waals surface area contributed by atoms with Gasteiger partial charge in [0.2, 0.25) is 0 Å². The average molecular weight is 278 g/mol. The van der Waals surface area contributed by atoms with Gasteiger partial charge in [0.15, 0.2) is 0 Å². The Labute approximate surface area is 117 Å². The largest absolute Gasteiger partial charge is 0.316 e. The monoisotopic (exact) mass is 277 g/mol. The molecule has 0 saturated carbocycles. The van der Waals surface area contributed by atoms with E-state index in [1.54, 1.807) is 0 Å². The second-order valence-corrected chi connectivity index (χ2v) is 6.13. The molecule has 0 spiro atoms. The van der Waals surface area contributed by atoms with Gasteiger partial charge in [-0.05, 0) is 36.0 Å². The van der Waals surface area contributed by atoms with Crippen LogP contribution in [0, 0.1) is 0 Å². The summed E-state index contributed by atoms with van der Waals surface area (Å²) in [7, 11) is 0.